The molecule has 1 atom stereocenters. The number of anilines is 1. The third-order valence-corrected chi connectivity index (χ3v) is 4.96. The van der Waals surface area contributed by atoms with Crippen molar-refractivity contribution in [1.29, 1.82) is 0 Å². The summed E-state index contributed by atoms with van der Waals surface area (Å²) in [6, 6.07) is 12.1. The van der Waals surface area contributed by atoms with Gasteiger partial charge in [0, 0.05) is 0 Å². The predicted octanol–water partition coefficient (Wildman–Crippen LogP) is 4.97. The molecule has 0 saturated heterocycles. The van der Waals surface area contributed by atoms with Gasteiger partial charge in [0.1, 0.15) is 11.6 Å². The standard InChI is InChI=1S/C19H19FN2O2S/c1-3-12(2)13-4-7-15(8-5-13)24-11-18(23)22-19-21-16-9-6-14(20)10-17(16)25-19/h4-10,12H,3,11H2,1-2H3,(H,21,22,23)/t12-/m1/s1. The summed E-state index contributed by atoms with van der Waals surface area (Å²) in [5.41, 5.74) is 1.91. The Labute approximate surface area is 149 Å². The van der Waals surface area contributed by atoms with Crippen molar-refractivity contribution in [1.82, 2.24) is 4.98 Å². The molecule has 0 spiro atoms. The van der Waals surface area contributed by atoms with Gasteiger partial charge in [-0.3, -0.25) is 10.1 Å². The number of carbonyl (C=O) groups is 1. The van der Waals surface area contributed by atoms with Crippen molar-refractivity contribution in [2.75, 3.05) is 11.9 Å². The van der Waals surface area contributed by atoms with Gasteiger partial charge in [0.2, 0.25) is 0 Å². The van der Waals surface area contributed by atoms with E-state index in [-0.39, 0.29) is 18.3 Å². The molecule has 0 radical (unpaired) electrons. The van der Waals surface area contributed by atoms with Crippen LogP contribution in [-0.2, 0) is 4.79 Å². The van der Waals surface area contributed by atoms with E-state index in [0.717, 1.165) is 6.42 Å². The summed E-state index contributed by atoms with van der Waals surface area (Å²) in [6.07, 6.45) is 1.08. The van der Waals surface area contributed by atoms with E-state index in [4.69, 9.17) is 4.74 Å². The Balaban J connectivity index is 1.56. The van der Waals surface area contributed by atoms with Gasteiger partial charge in [-0.05, 0) is 48.2 Å². The highest BCUT2D eigenvalue weighted by atomic mass is 32.1. The number of carbonyl (C=O) groups excluding carboxylic acids is 1. The molecule has 0 bridgehead atoms. The monoisotopic (exact) mass is 358 g/mol. The number of hydrogen-bond acceptors (Lipinski definition) is 4. The highest BCUT2D eigenvalue weighted by Crippen LogP contribution is 2.26. The number of hydrogen-bond donors (Lipinski definition) is 1. The molecule has 0 saturated carbocycles. The molecule has 0 unspecified atom stereocenters. The Kier molecular flexibility index (Phi) is 5.28. The molecule has 1 amide bonds. The number of amides is 1. The van der Waals surface area contributed by atoms with Crippen LogP contribution in [0.15, 0.2) is 42.5 Å². The van der Waals surface area contributed by atoms with E-state index in [2.05, 4.69) is 24.1 Å². The van der Waals surface area contributed by atoms with Crippen LogP contribution in [0.3, 0.4) is 0 Å². The van der Waals surface area contributed by atoms with Crippen LogP contribution < -0.4 is 10.1 Å². The van der Waals surface area contributed by atoms with E-state index >= 15 is 0 Å². The number of aromatic nitrogens is 1. The molecule has 6 heteroatoms. The average molecular weight is 358 g/mol. The maximum atomic E-state index is 13.2. The molecule has 3 rings (SSSR count). The number of halogens is 1. The molecule has 1 N–H and O–H groups in total. The fourth-order valence-corrected chi connectivity index (χ4v) is 3.29. The smallest absolute Gasteiger partial charge is 0.264 e. The van der Waals surface area contributed by atoms with Crippen molar-refractivity contribution >= 4 is 32.6 Å². The fraction of sp³-hybridized carbons (Fsp3) is 0.263. The topological polar surface area (TPSA) is 51.2 Å². The van der Waals surface area contributed by atoms with Crippen molar-refractivity contribution in [3.8, 4) is 5.75 Å². The van der Waals surface area contributed by atoms with Crippen LogP contribution in [0.4, 0.5) is 9.52 Å². The van der Waals surface area contributed by atoms with Gasteiger partial charge in [-0.1, -0.05) is 37.3 Å². The first-order chi connectivity index (χ1) is 12.0. The highest BCUT2D eigenvalue weighted by molar-refractivity contribution is 7.22. The van der Waals surface area contributed by atoms with Gasteiger partial charge in [0.15, 0.2) is 11.7 Å². The van der Waals surface area contributed by atoms with Gasteiger partial charge in [-0.2, -0.15) is 0 Å². The number of nitrogens with zero attached hydrogens (tertiary/aromatic N) is 1. The number of thiazole rings is 1. The molecule has 0 aliphatic heterocycles. The zero-order chi connectivity index (χ0) is 17.8. The van der Waals surface area contributed by atoms with Crippen LogP contribution in [0.25, 0.3) is 10.2 Å². The second-order valence-corrected chi connectivity index (χ2v) is 6.88. The van der Waals surface area contributed by atoms with Gasteiger partial charge in [0.05, 0.1) is 10.2 Å². The van der Waals surface area contributed by atoms with Crippen LogP contribution in [0.2, 0.25) is 0 Å². The van der Waals surface area contributed by atoms with E-state index in [1.165, 1.54) is 29.0 Å². The Morgan fingerprint density at radius 3 is 2.76 bits per heavy atom. The van der Waals surface area contributed by atoms with Crippen LogP contribution in [-0.4, -0.2) is 17.5 Å². The number of nitrogens with one attached hydrogen (secondary N) is 1. The molecule has 4 nitrogen and oxygen atoms in total. The minimum atomic E-state index is -0.321. The summed E-state index contributed by atoms with van der Waals surface area (Å²) in [7, 11) is 0. The van der Waals surface area contributed by atoms with Crippen LogP contribution in [0.5, 0.6) is 5.75 Å². The van der Waals surface area contributed by atoms with E-state index in [1.54, 1.807) is 6.07 Å². The second kappa shape index (κ2) is 7.61. The maximum Gasteiger partial charge on any atom is 0.264 e. The van der Waals surface area contributed by atoms with E-state index in [1.807, 2.05) is 24.3 Å². The average Bonchev–Trinajstić information content (AvgIpc) is 3.01. The quantitative estimate of drug-likeness (QED) is 0.677. The molecule has 2 aromatic carbocycles. The third kappa shape index (κ3) is 4.33. The lowest BCUT2D eigenvalue weighted by Gasteiger charge is -2.10. The summed E-state index contributed by atoms with van der Waals surface area (Å²) >= 11 is 1.23. The number of ether oxygens (including phenoxy) is 1. The third-order valence-electron chi connectivity index (χ3n) is 4.03. The Morgan fingerprint density at radius 2 is 2.04 bits per heavy atom. The summed E-state index contributed by atoms with van der Waals surface area (Å²) < 4.78 is 19.4. The Bertz CT molecular complexity index is 877. The molecular formula is C19H19FN2O2S. The lowest BCUT2D eigenvalue weighted by atomic mass is 9.99. The molecule has 0 aliphatic rings. The minimum absolute atomic E-state index is 0.104. The van der Waals surface area contributed by atoms with Crippen molar-refractivity contribution in [2.24, 2.45) is 0 Å². The van der Waals surface area contributed by atoms with Crippen molar-refractivity contribution < 1.29 is 13.9 Å². The molecule has 25 heavy (non-hydrogen) atoms. The number of fused-ring (bicyclic) bond motifs is 1. The van der Waals surface area contributed by atoms with Gasteiger partial charge >= 0.3 is 0 Å². The molecule has 130 valence electrons. The van der Waals surface area contributed by atoms with Gasteiger partial charge < -0.3 is 4.74 Å². The van der Waals surface area contributed by atoms with E-state index < -0.39 is 0 Å². The summed E-state index contributed by atoms with van der Waals surface area (Å²) in [4.78, 5) is 16.3. The maximum absolute atomic E-state index is 13.2. The van der Waals surface area contributed by atoms with Gasteiger partial charge in [0.25, 0.3) is 5.91 Å². The largest absolute Gasteiger partial charge is 0.484 e. The lowest BCUT2D eigenvalue weighted by molar-refractivity contribution is -0.118. The molecule has 1 aromatic heterocycles. The van der Waals surface area contributed by atoms with Crippen molar-refractivity contribution in [2.45, 2.75) is 26.2 Å². The van der Waals surface area contributed by atoms with Crippen LogP contribution in [0.1, 0.15) is 31.7 Å². The molecular weight excluding hydrogens is 339 g/mol. The SMILES string of the molecule is CC[C@@H](C)c1ccc(OCC(=O)Nc2nc3ccc(F)cc3s2)cc1. The van der Waals surface area contributed by atoms with Crippen molar-refractivity contribution in [3.05, 3.63) is 53.8 Å². The zero-order valence-corrected chi connectivity index (χ0v) is 14.9. The van der Waals surface area contributed by atoms with Gasteiger partial charge in [-0.15, -0.1) is 0 Å². The van der Waals surface area contributed by atoms with E-state index in [9.17, 15) is 9.18 Å². The predicted molar refractivity (Wildman–Crippen MR) is 98.9 cm³/mol. The Hall–Kier alpha value is -2.47. The zero-order valence-electron chi connectivity index (χ0n) is 14.1. The molecule has 1 heterocycles. The molecule has 0 fully saturated rings. The minimum Gasteiger partial charge on any atom is -0.484 e. The lowest BCUT2D eigenvalue weighted by Crippen LogP contribution is -2.20. The van der Waals surface area contributed by atoms with E-state index in [0.29, 0.717) is 27.0 Å². The number of rotatable bonds is 6. The first-order valence-corrected chi connectivity index (χ1v) is 8.95. The molecule has 3 aromatic rings. The Morgan fingerprint density at radius 1 is 1.28 bits per heavy atom. The summed E-state index contributed by atoms with van der Waals surface area (Å²) in [5, 5.41) is 3.11. The molecule has 0 aliphatic carbocycles. The first kappa shape index (κ1) is 17.4. The van der Waals surface area contributed by atoms with Crippen molar-refractivity contribution in [3.63, 3.8) is 0 Å². The van der Waals surface area contributed by atoms with Crippen LogP contribution in [0, 0.1) is 5.82 Å². The fourth-order valence-electron chi connectivity index (χ4n) is 2.38. The summed E-state index contributed by atoms with van der Waals surface area (Å²) in [5.74, 6) is 0.526. The van der Waals surface area contributed by atoms with Crippen LogP contribution >= 0.6 is 11.3 Å². The first-order valence-electron chi connectivity index (χ1n) is 8.14. The normalized spacial score (nSPS) is 12.1. The summed E-state index contributed by atoms with van der Waals surface area (Å²) in [6.45, 7) is 4.22. The van der Waals surface area contributed by atoms with Gasteiger partial charge in [-0.25, -0.2) is 9.37 Å². The second-order valence-electron chi connectivity index (χ2n) is 5.85. The number of benzene rings is 2. The highest BCUT2D eigenvalue weighted by Gasteiger charge is 2.09.